The highest BCUT2D eigenvalue weighted by Gasteiger charge is 2.12. The van der Waals surface area contributed by atoms with Crippen molar-refractivity contribution in [2.75, 3.05) is 0 Å². The summed E-state index contributed by atoms with van der Waals surface area (Å²) >= 11 is 0. The third kappa shape index (κ3) is 2.45. The molecule has 0 unspecified atom stereocenters. The summed E-state index contributed by atoms with van der Waals surface area (Å²) in [6, 6.07) is 36.1. The van der Waals surface area contributed by atoms with Gasteiger partial charge in [-0.25, -0.2) is 0 Å². The molecule has 0 radical (unpaired) electrons. The van der Waals surface area contributed by atoms with E-state index in [0.29, 0.717) is 0 Å². The second-order valence-corrected chi connectivity index (χ2v) is 8.08. The molecule has 7 aromatic rings. The van der Waals surface area contributed by atoms with Crippen molar-refractivity contribution in [1.82, 2.24) is 9.55 Å². The summed E-state index contributed by atoms with van der Waals surface area (Å²) < 4.78 is 8.27. The molecule has 3 aromatic heterocycles. The van der Waals surface area contributed by atoms with E-state index in [1.807, 2.05) is 24.4 Å². The van der Waals surface area contributed by atoms with Crippen LogP contribution in [0.25, 0.3) is 60.7 Å². The van der Waals surface area contributed by atoms with Crippen molar-refractivity contribution in [3.05, 3.63) is 109 Å². The predicted octanol–water partition coefficient (Wildman–Crippen LogP) is 7.75. The lowest BCUT2D eigenvalue weighted by Gasteiger charge is -2.09. The van der Waals surface area contributed by atoms with Gasteiger partial charge in [0.15, 0.2) is 5.58 Å². The van der Waals surface area contributed by atoms with E-state index in [-0.39, 0.29) is 0 Å². The van der Waals surface area contributed by atoms with Crippen LogP contribution in [-0.4, -0.2) is 9.55 Å². The van der Waals surface area contributed by atoms with E-state index in [2.05, 4.69) is 94.5 Å². The van der Waals surface area contributed by atoms with Gasteiger partial charge in [-0.15, -0.1) is 0 Å². The standard InChI is InChI=1S/C29H18N2O/c1-3-8-25-22(6-1)23-7-2-4-9-26(23)31(25)21-14-11-19(12-15-21)20-13-16-27-24(18-20)29-28(32-27)10-5-17-30-29/h1-18H. The van der Waals surface area contributed by atoms with Gasteiger partial charge in [-0.05, 0) is 59.7 Å². The van der Waals surface area contributed by atoms with Crippen LogP contribution >= 0.6 is 0 Å². The maximum atomic E-state index is 5.93. The van der Waals surface area contributed by atoms with E-state index in [9.17, 15) is 0 Å². The molecule has 3 heterocycles. The first kappa shape index (κ1) is 17.3. The topological polar surface area (TPSA) is 31.0 Å². The van der Waals surface area contributed by atoms with Crippen molar-refractivity contribution < 1.29 is 4.42 Å². The van der Waals surface area contributed by atoms with Crippen molar-refractivity contribution >= 4 is 43.9 Å². The molecule has 0 N–H and O–H groups in total. The minimum absolute atomic E-state index is 0.821. The molecular weight excluding hydrogens is 392 g/mol. The highest BCUT2D eigenvalue weighted by molar-refractivity contribution is 6.09. The number of aromatic nitrogens is 2. The van der Waals surface area contributed by atoms with Crippen LogP contribution < -0.4 is 0 Å². The molecule has 0 bridgehead atoms. The van der Waals surface area contributed by atoms with Gasteiger partial charge in [0.1, 0.15) is 11.1 Å². The first-order chi connectivity index (χ1) is 15.9. The largest absolute Gasteiger partial charge is 0.454 e. The van der Waals surface area contributed by atoms with Crippen LogP contribution in [0.2, 0.25) is 0 Å². The summed E-state index contributed by atoms with van der Waals surface area (Å²) in [5.74, 6) is 0. The Morgan fingerprint density at radius 1 is 0.562 bits per heavy atom. The number of pyridine rings is 1. The van der Waals surface area contributed by atoms with Gasteiger partial charge in [-0.1, -0.05) is 54.6 Å². The lowest BCUT2D eigenvalue weighted by Crippen LogP contribution is -1.93. The first-order valence-electron chi connectivity index (χ1n) is 10.7. The lowest BCUT2D eigenvalue weighted by molar-refractivity contribution is 0.668. The summed E-state index contributed by atoms with van der Waals surface area (Å²) in [6.07, 6.45) is 1.81. The van der Waals surface area contributed by atoms with Crippen LogP contribution in [0.4, 0.5) is 0 Å². The Hall–Kier alpha value is -4.37. The molecule has 0 spiro atoms. The molecule has 4 aromatic carbocycles. The van der Waals surface area contributed by atoms with E-state index in [0.717, 1.165) is 33.3 Å². The van der Waals surface area contributed by atoms with Crippen molar-refractivity contribution in [2.45, 2.75) is 0 Å². The van der Waals surface area contributed by atoms with Gasteiger partial charge in [-0.3, -0.25) is 4.98 Å². The van der Waals surface area contributed by atoms with Crippen molar-refractivity contribution in [2.24, 2.45) is 0 Å². The normalized spacial score (nSPS) is 11.8. The average Bonchev–Trinajstić information content (AvgIpc) is 3.40. The van der Waals surface area contributed by atoms with Crippen LogP contribution in [0.15, 0.2) is 114 Å². The maximum absolute atomic E-state index is 5.93. The quantitative estimate of drug-likeness (QED) is 0.292. The molecule has 0 aliphatic carbocycles. The summed E-state index contributed by atoms with van der Waals surface area (Å²) in [5, 5.41) is 3.60. The molecule has 32 heavy (non-hydrogen) atoms. The Morgan fingerprint density at radius 2 is 1.25 bits per heavy atom. The smallest absolute Gasteiger partial charge is 0.153 e. The third-order valence-corrected chi connectivity index (χ3v) is 6.26. The third-order valence-electron chi connectivity index (χ3n) is 6.26. The highest BCUT2D eigenvalue weighted by Crippen LogP contribution is 2.34. The number of para-hydroxylation sites is 2. The van der Waals surface area contributed by atoms with Gasteiger partial charge >= 0.3 is 0 Å². The fraction of sp³-hybridized carbons (Fsp3) is 0. The van der Waals surface area contributed by atoms with Gasteiger partial charge in [0.05, 0.1) is 11.0 Å². The number of rotatable bonds is 2. The van der Waals surface area contributed by atoms with Crippen LogP contribution in [0.3, 0.4) is 0 Å². The summed E-state index contributed by atoms with van der Waals surface area (Å²) in [6.45, 7) is 0. The molecule has 7 rings (SSSR count). The van der Waals surface area contributed by atoms with Crippen molar-refractivity contribution in [3.8, 4) is 16.8 Å². The Labute approximate surface area is 184 Å². The van der Waals surface area contributed by atoms with Crippen LogP contribution in [-0.2, 0) is 0 Å². The Kier molecular flexibility index (Phi) is 3.55. The number of benzene rings is 4. The zero-order chi connectivity index (χ0) is 21.1. The molecule has 0 saturated carbocycles. The molecular formula is C29H18N2O. The van der Waals surface area contributed by atoms with E-state index in [1.54, 1.807) is 0 Å². The predicted molar refractivity (Wildman–Crippen MR) is 131 cm³/mol. The molecule has 0 amide bonds. The Bertz CT molecular complexity index is 1720. The first-order valence-corrected chi connectivity index (χ1v) is 10.7. The molecule has 3 heteroatoms. The Balaban J connectivity index is 1.38. The van der Waals surface area contributed by atoms with E-state index in [4.69, 9.17) is 4.42 Å². The Morgan fingerprint density at radius 3 is 2.00 bits per heavy atom. The van der Waals surface area contributed by atoms with E-state index < -0.39 is 0 Å². The van der Waals surface area contributed by atoms with Gasteiger partial charge in [0, 0.05) is 28.0 Å². The number of hydrogen-bond acceptors (Lipinski definition) is 2. The second kappa shape index (κ2) is 6.56. The maximum Gasteiger partial charge on any atom is 0.153 e. The SMILES string of the molecule is c1cnc2c(c1)oc1ccc(-c3ccc(-n4c5ccccc5c5ccccc54)cc3)cc12. The summed E-state index contributed by atoms with van der Waals surface area (Å²) in [4.78, 5) is 4.51. The summed E-state index contributed by atoms with van der Waals surface area (Å²) in [7, 11) is 0. The van der Waals surface area contributed by atoms with E-state index in [1.165, 1.54) is 27.4 Å². The van der Waals surface area contributed by atoms with Gasteiger partial charge in [-0.2, -0.15) is 0 Å². The fourth-order valence-electron chi connectivity index (χ4n) is 4.78. The molecule has 0 atom stereocenters. The minimum atomic E-state index is 0.821. The number of hydrogen-bond donors (Lipinski definition) is 0. The van der Waals surface area contributed by atoms with Crippen LogP contribution in [0.1, 0.15) is 0 Å². The second-order valence-electron chi connectivity index (χ2n) is 8.08. The zero-order valence-corrected chi connectivity index (χ0v) is 17.2. The summed E-state index contributed by atoms with van der Waals surface area (Å²) in [5.41, 5.74) is 8.51. The molecule has 0 aliphatic rings. The number of nitrogens with zero attached hydrogens (tertiary/aromatic N) is 2. The number of furan rings is 1. The zero-order valence-electron chi connectivity index (χ0n) is 17.2. The molecule has 0 saturated heterocycles. The average molecular weight is 410 g/mol. The van der Waals surface area contributed by atoms with Crippen LogP contribution in [0, 0.1) is 0 Å². The lowest BCUT2D eigenvalue weighted by atomic mass is 10.0. The van der Waals surface area contributed by atoms with Crippen LogP contribution in [0.5, 0.6) is 0 Å². The van der Waals surface area contributed by atoms with E-state index >= 15 is 0 Å². The minimum Gasteiger partial charge on any atom is -0.454 e. The molecule has 3 nitrogen and oxygen atoms in total. The molecule has 0 fully saturated rings. The van der Waals surface area contributed by atoms with Gasteiger partial charge < -0.3 is 8.98 Å². The highest BCUT2D eigenvalue weighted by atomic mass is 16.3. The van der Waals surface area contributed by atoms with Crippen molar-refractivity contribution in [1.29, 1.82) is 0 Å². The fourth-order valence-corrected chi connectivity index (χ4v) is 4.78. The monoisotopic (exact) mass is 410 g/mol. The van der Waals surface area contributed by atoms with Gasteiger partial charge in [0.25, 0.3) is 0 Å². The number of fused-ring (bicyclic) bond motifs is 6. The molecule has 0 aliphatic heterocycles. The molecule has 150 valence electrons. The van der Waals surface area contributed by atoms with Gasteiger partial charge in [0.2, 0.25) is 0 Å². The van der Waals surface area contributed by atoms with Crippen molar-refractivity contribution in [3.63, 3.8) is 0 Å².